The lowest BCUT2D eigenvalue weighted by Gasteiger charge is -2.03. The van der Waals surface area contributed by atoms with Gasteiger partial charge in [-0.3, -0.25) is 9.59 Å². The summed E-state index contributed by atoms with van der Waals surface area (Å²) in [5, 5.41) is 3.27. The maximum atomic E-state index is 12.0. The topological polar surface area (TPSA) is 72.2 Å². The first-order chi connectivity index (χ1) is 10.5. The molecule has 0 fully saturated rings. The molecule has 0 aliphatic carbocycles. The second-order valence-electron chi connectivity index (χ2n) is 4.79. The van der Waals surface area contributed by atoms with Gasteiger partial charge < -0.3 is 11.1 Å². The van der Waals surface area contributed by atoms with Crippen LogP contribution in [-0.2, 0) is 11.2 Å². The largest absolute Gasteiger partial charge is 0.365 e. The van der Waals surface area contributed by atoms with Crippen LogP contribution in [0.15, 0.2) is 36.4 Å². The molecule has 0 radical (unpaired) electrons. The fraction of sp³-hybridized carbons (Fsp3) is 0.176. The molecule has 0 aliphatic rings. The highest BCUT2D eigenvalue weighted by molar-refractivity contribution is 7.16. The first kappa shape index (κ1) is 16.0. The van der Waals surface area contributed by atoms with Crippen molar-refractivity contribution >= 4 is 34.2 Å². The van der Waals surface area contributed by atoms with E-state index in [9.17, 15) is 9.59 Å². The highest BCUT2D eigenvalue weighted by Gasteiger charge is 2.19. The lowest BCUT2D eigenvalue weighted by molar-refractivity contribution is -0.111. The number of aryl methyl sites for hydroxylation is 1. The molecule has 0 saturated heterocycles. The van der Waals surface area contributed by atoms with Crippen molar-refractivity contribution < 1.29 is 9.59 Å². The normalized spacial score (nSPS) is 10.8. The van der Waals surface area contributed by atoms with Gasteiger partial charge in [-0.1, -0.05) is 37.3 Å². The van der Waals surface area contributed by atoms with Gasteiger partial charge in [-0.05, 0) is 30.5 Å². The number of hydrogen-bond donors (Lipinski definition) is 2. The van der Waals surface area contributed by atoms with Crippen LogP contribution in [0, 0.1) is 6.92 Å². The molecule has 1 heterocycles. The maximum absolute atomic E-state index is 12.0. The van der Waals surface area contributed by atoms with E-state index in [0.717, 1.165) is 16.0 Å². The van der Waals surface area contributed by atoms with Crippen LogP contribution in [0.5, 0.6) is 0 Å². The number of hydrogen-bond acceptors (Lipinski definition) is 3. The van der Waals surface area contributed by atoms with E-state index in [-0.39, 0.29) is 5.91 Å². The van der Waals surface area contributed by atoms with Crippen molar-refractivity contribution in [2.24, 2.45) is 5.73 Å². The van der Waals surface area contributed by atoms with Crippen LogP contribution in [0.25, 0.3) is 6.08 Å². The van der Waals surface area contributed by atoms with Crippen molar-refractivity contribution in [3.8, 4) is 0 Å². The third-order valence-corrected chi connectivity index (χ3v) is 4.34. The summed E-state index contributed by atoms with van der Waals surface area (Å²) in [7, 11) is 0. The van der Waals surface area contributed by atoms with Crippen LogP contribution in [-0.4, -0.2) is 11.8 Å². The summed E-state index contributed by atoms with van der Waals surface area (Å²) >= 11 is 1.38. The fourth-order valence-electron chi connectivity index (χ4n) is 2.24. The Hall–Kier alpha value is -2.40. The van der Waals surface area contributed by atoms with E-state index < -0.39 is 5.91 Å². The van der Waals surface area contributed by atoms with Gasteiger partial charge in [0.2, 0.25) is 5.91 Å². The van der Waals surface area contributed by atoms with Gasteiger partial charge in [-0.2, -0.15) is 0 Å². The van der Waals surface area contributed by atoms with Crippen LogP contribution in [0.3, 0.4) is 0 Å². The van der Waals surface area contributed by atoms with E-state index >= 15 is 0 Å². The summed E-state index contributed by atoms with van der Waals surface area (Å²) in [5.74, 6) is -0.793. The number of rotatable bonds is 5. The maximum Gasteiger partial charge on any atom is 0.251 e. The van der Waals surface area contributed by atoms with Crippen molar-refractivity contribution in [3.05, 3.63) is 58.0 Å². The molecule has 2 amide bonds. The van der Waals surface area contributed by atoms with Crippen molar-refractivity contribution in [3.63, 3.8) is 0 Å². The SMILES string of the molecule is CCc1c(C)sc(NC(=O)C=Cc2ccccc2)c1C(N)=O. The third-order valence-electron chi connectivity index (χ3n) is 3.27. The number of nitrogens with two attached hydrogens (primary N) is 1. The van der Waals surface area contributed by atoms with Crippen molar-refractivity contribution in [2.75, 3.05) is 5.32 Å². The molecule has 2 rings (SSSR count). The molecule has 0 bridgehead atoms. The van der Waals surface area contributed by atoms with Gasteiger partial charge in [0, 0.05) is 11.0 Å². The first-order valence-corrected chi connectivity index (χ1v) is 7.80. The summed E-state index contributed by atoms with van der Waals surface area (Å²) in [6, 6.07) is 9.53. The lowest BCUT2D eigenvalue weighted by atomic mass is 10.1. The molecule has 0 aliphatic heterocycles. The van der Waals surface area contributed by atoms with Gasteiger partial charge in [-0.15, -0.1) is 11.3 Å². The number of carbonyl (C=O) groups is 2. The molecular weight excluding hydrogens is 296 g/mol. The Morgan fingerprint density at radius 1 is 1.27 bits per heavy atom. The highest BCUT2D eigenvalue weighted by atomic mass is 32.1. The Labute approximate surface area is 133 Å². The summed E-state index contributed by atoms with van der Waals surface area (Å²) in [6.45, 7) is 3.88. The zero-order chi connectivity index (χ0) is 16.1. The van der Waals surface area contributed by atoms with Crippen molar-refractivity contribution in [2.45, 2.75) is 20.3 Å². The Bertz CT molecular complexity index is 718. The second kappa shape index (κ2) is 7.04. The second-order valence-corrected chi connectivity index (χ2v) is 6.02. The predicted molar refractivity (Wildman–Crippen MR) is 91.1 cm³/mol. The molecule has 2 aromatic rings. The number of amides is 2. The van der Waals surface area contributed by atoms with E-state index in [1.807, 2.05) is 44.2 Å². The van der Waals surface area contributed by atoms with Gasteiger partial charge in [0.05, 0.1) is 5.56 Å². The van der Waals surface area contributed by atoms with Crippen molar-refractivity contribution in [1.82, 2.24) is 0 Å². The van der Waals surface area contributed by atoms with Crippen LogP contribution >= 0.6 is 11.3 Å². The smallest absolute Gasteiger partial charge is 0.251 e. The summed E-state index contributed by atoms with van der Waals surface area (Å²) in [5.41, 5.74) is 7.70. The standard InChI is InChI=1S/C17H18N2O2S/c1-3-13-11(2)22-17(15(13)16(18)21)19-14(20)10-9-12-7-5-4-6-8-12/h4-10H,3H2,1-2H3,(H2,18,21)(H,19,20). The molecule has 1 aromatic carbocycles. The minimum absolute atomic E-state index is 0.282. The Balaban J connectivity index is 2.19. The van der Waals surface area contributed by atoms with E-state index in [1.54, 1.807) is 6.08 Å². The molecule has 22 heavy (non-hydrogen) atoms. The molecular formula is C17H18N2O2S. The predicted octanol–water partition coefficient (Wildman–Crippen LogP) is 3.37. The number of thiophene rings is 1. The van der Waals surface area contributed by atoms with E-state index in [2.05, 4.69) is 5.32 Å². The molecule has 0 saturated carbocycles. The molecule has 5 heteroatoms. The zero-order valence-corrected chi connectivity index (χ0v) is 13.4. The number of anilines is 1. The van der Waals surface area contributed by atoms with Crippen molar-refractivity contribution in [1.29, 1.82) is 0 Å². The summed E-state index contributed by atoms with van der Waals surface area (Å²) in [4.78, 5) is 24.7. The van der Waals surface area contributed by atoms with E-state index in [4.69, 9.17) is 5.73 Å². The first-order valence-electron chi connectivity index (χ1n) is 6.99. The average Bonchev–Trinajstić information content (AvgIpc) is 2.81. The molecule has 1 aromatic heterocycles. The fourth-order valence-corrected chi connectivity index (χ4v) is 3.40. The molecule has 0 atom stereocenters. The van der Waals surface area contributed by atoms with Crippen LogP contribution in [0.4, 0.5) is 5.00 Å². The highest BCUT2D eigenvalue weighted by Crippen LogP contribution is 2.33. The summed E-state index contributed by atoms with van der Waals surface area (Å²) < 4.78 is 0. The molecule has 0 unspecified atom stereocenters. The van der Waals surface area contributed by atoms with Gasteiger partial charge >= 0.3 is 0 Å². The Kier molecular flexibility index (Phi) is 5.12. The molecule has 4 nitrogen and oxygen atoms in total. The third kappa shape index (κ3) is 3.62. The number of carbonyl (C=O) groups excluding carboxylic acids is 2. The van der Waals surface area contributed by atoms with Gasteiger partial charge in [0.25, 0.3) is 5.91 Å². The molecule has 0 spiro atoms. The Morgan fingerprint density at radius 2 is 1.95 bits per heavy atom. The van der Waals surface area contributed by atoms with Gasteiger partial charge in [0.1, 0.15) is 5.00 Å². The van der Waals surface area contributed by atoms with Crippen LogP contribution < -0.4 is 11.1 Å². The quantitative estimate of drug-likeness (QED) is 0.831. The zero-order valence-electron chi connectivity index (χ0n) is 12.6. The van der Waals surface area contributed by atoms with E-state index in [0.29, 0.717) is 17.0 Å². The number of nitrogens with one attached hydrogen (secondary N) is 1. The molecule has 3 N–H and O–H groups in total. The minimum Gasteiger partial charge on any atom is -0.365 e. The monoisotopic (exact) mass is 314 g/mol. The van der Waals surface area contributed by atoms with Gasteiger partial charge in [-0.25, -0.2) is 0 Å². The summed E-state index contributed by atoms with van der Waals surface area (Å²) in [6.07, 6.45) is 3.87. The number of primary amides is 1. The molecule has 114 valence electrons. The van der Waals surface area contributed by atoms with Crippen LogP contribution in [0.1, 0.15) is 33.3 Å². The van der Waals surface area contributed by atoms with Crippen LogP contribution in [0.2, 0.25) is 0 Å². The van der Waals surface area contributed by atoms with Gasteiger partial charge in [0.15, 0.2) is 0 Å². The number of benzene rings is 1. The average molecular weight is 314 g/mol. The van der Waals surface area contributed by atoms with E-state index in [1.165, 1.54) is 17.4 Å². The lowest BCUT2D eigenvalue weighted by Crippen LogP contribution is -2.16. The Morgan fingerprint density at radius 3 is 2.55 bits per heavy atom. The minimum atomic E-state index is -0.511.